The Morgan fingerprint density at radius 2 is 2.07 bits per heavy atom. The molecule has 0 spiro atoms. The maximum atomic E-state index is 14.4. The molecule has 0 bridgehead atoms. The van der Waals surface area contributed by atoms with Crippen LogP contribution >= 0.6 is 23.8 Å². The van der Waals surface area contributed by atoms with E-state index in [1.54, 1.807) is 44.3 Å². The van der Waals surface area contributed by atoms with E-state index in [1.807, 2.05) is 0 Å². The van der Waals surface area contributed by atoms with E-state index in [0.717, 1.165) is 5.69 Å². The monoisotopic (exact) mass is 439 g/mol. The van der Waals surface area contributed by atoms with Crippen molar-refractivity contribution < 1.29 is 23.4 Å². The zero-order valence-corrected chi connectivity index (χ0v) is 18.0. The Bertz CT molecular complexity index is 863. The van der Waals surface area contributed by atoms with Gasteiger partial charge in [-0.05, 0) is 31.2 Å². The Balaban J connectivity index is 2.55. The van der Waals surface area contributed by atoms with Crippen LogP contribution in [0.3, 0.4) is 0 Å². The van der Waals surface area contributed by atoms with E-state index in [1.165, 1.54) is 18.5 Å². The van der Waals surface area contributed by atoms with Crippen molar-refractivity contribution in [2.75, 3.05) is 26.1 Å². The smallest absolute Gasteiger partial charge is 0.308 e. The zero-order valence-electron chi connectivity index (χ0n) is 16.4. The van der Waals surface area contributed by atoms with Crippen LogP contribution in [0.25, 0.3) is 0 Å². The molecule has 8 heteroatoms. The molecule has 0 radical (unpaired) electrons. The van der Waals surface area contributed by atoms with E-state index >= 15 is 0 Å². The number of benzene rings is 2. The lowest BCUT2D eigenvalue weighted by atomic mass is 9.98. The van der Waals surface area contributed by atoms with Gasteiger partial charge in [-0.1, -0.05) is 36.0 Å². The number of hydrogen-bond acceptors (Lipinski definition) is 6. The van der Waals surface area contributed by atoms with E-state index < -0.39 is 24.0 Å². The standard InChI is InChI=1S/C21H23ClFNO4S/c1-4-27-19(25)11-14(12-29)28-20(15-6-5-7-17(23)21(15)26-3)16-10-13(22)8-9-18(16)24-2/h5-10,12,14,20,24H,4,11H2,1-3H3/t14-,20-/m1/s1. The summed E-state index contributed by atoms with van der Waals surface area (Å²) >= 11 is 11.3. The first kappa shape index (κ1) is 23.1. The summed E-state index contributed by atoms with van der Waals surface area (Å²) in [6.45, 7) is 1.97. The second-order valence-corrected chi connectivity index (χ2v) is 6.75. The summed E-state index contributed by atoms with van der Waals surface area (Å²) in [6, 6.07) is 9.78. The van der Waals surface area contributed by atoms with Crippen molar-refractivity contribution in [3.05, 3.63) is 58.4 Å². The van der Waals surface area contributed by atoms with Crippen molar-refractivity contribution in [1.82, 2.24) is 0 Å². The lowest BCUT2D eigenvalue weighted by Crippen LogP contribution is -2.24. The second kappa shape index (κ2) is 11.1. The van der Waals surface area contributed by atoms with E-state index in [0.29, 0.717) is 16.1 Å². The molecule has 2 aromatic rings. The largest absolute Gasteiger partial charge is 0.493 e. The number of thiocarbonyl (C=S) groups is 1. The molecule has 5 nitrogen and oxygen atoms in total. The number of ether oxygens (including phenoxy) is 3. The van der Waals surface area contributed by atoms with Crippen LogP contribution in [0.15, 0.2) is 36.4 Å². The van der Waals surface area contributed by atoms with E-state index in [9.17, 15) is 9.18 Å². The minimum absolute atomic E-state index is 0.0405. The molecule has 0 heterocycles. The number of hydrogen-bond donors (Lipinski definition) is 1. The van der Waals surface area contributed by atoms with Crippen molar-refractivity contribution in [1.29, 1.82) is 0 Å². The summed E-state index contributed by atoms with van der Waals surface area (Å²) in [6.07, 6.45) is -1.62. The SMILES string of the molecule is CCOC(=O)C[C@H](C=S)O[C@@H](c1cc(Cl)ccc1NC)c1cccc(F)c1OC. The van der Waals surface area contributed by atoms with Crippen LogP contribution in [0.4, 0.5) is 10.1 Å². The van der Waals surface area contributed by atoms with Gasteiger partial charge in [0.25, 0.3) is 0 Å². The highest BCUT2D eigenvalue weighted by Gasteiger charge is 2.27. The zero-order chi connectivity index (χ0) is 21.4. The minimum atomic E-state index is -0.805. The lowest BCUT2D eigenvalue weighted by molar-refractivity contribution is -0.145. The van der Waals surface area contributed by atoms with Gasteiger partial charge >= 0.3 is 5.97 Å². The average Bonchev–Trinajstić information content (AvgIpc) is 2.71. The van der Waals surface area contributed by atoms with Crippen LogP contribution in [0.1, 0.15) is 30.6 Å². The molecule has 29 heavy (non-hydrogen) atoms. The van der Waals surface area contributed by atoms with E-state index in [4.69, 9.17) is 38.0 Å². The van der Waals surface area contributed by atoms with Gasteiger partial charge < -0.3 is 19.5 Å². The fraction of sp³-hybridized carbons (Fsp3) is 0.333. The Hall–Kier alpha value is -2.22. The number of para-hydroxylation sites is 1. The highest BCUT2D eigenvalue weighted by Crippen LogP contribution is 2.39. The quantitative estimate of drug-likeness (QED) is 0.417. The summed E-state index contributed by atoms with van der Waals surface area (Å²) in [5.74, 6) is -0.932. The molecule has 0 fully saturated rings. The molecule has 0 aromatic heterocycles. The fourth-order valence-corrected chi connectivity index (χ4v) is 3.27. The molecule has 2 rings (SSSR count). The Labute approximate surface area is 180 Å². The Kier molecular flexibility index (Phi) is 8.82. The maximum Gasteiger partial charge on any atom is 0.308 e. The molecule has 156 valence electrons. The Morgan fingerprint density at radius 3 is 2.69 bits per heavy atom. The molecule has 0 amide bonds. The van der Waals surface area contributed by atoms with Crippen LogP contribution in [-0.2, 0) is 14.3 Å². The predicted molar refractivity (Wildman–Crippen MR) is 116 cm³/mol. The molecular formula is C21H23ClFNO4S. The first-order valence-electron chi connectivity index (χ1n) is 9.01. The highest BCUT2D eigenvalue weighted by atomic mass is 35.5. The van der Waals surface area contributed by atoms with Gasteiger partial charge in [-0.25, -0.2) is 4.39 Å². The third-order valence-electron chi connectivity index (χ3n) is 4.19. The highest BCUT2D eigenvalue weighted by molar-refractivity contribution is 7.79. The lowest BCUT2D eigenvalue weighted by Gasteiger charge is -2.26. The predicted octanol–water partition coefficient (Wildman–Crippen LogP) is 4.96. The third kappa shape index (κ3) is 5.88. The molecule has 0 unspecified atom stereocenters. The van der Waals surface area contributed by atoms with Gasteiger partial charge in [0.15, 0.2) is 11.6 Å². The number of esters is 1. The molecule has 0 aliphatic carbocycles. The van der Waals surface area contributed by atoms with Crippen LogP contribution < -0.4 is 10.1 Å². The summed E-state index contributed by atoms with van der Waals surface area (Å²) in [4.78, 5) is 11.9. The summed E-state index contributed by atoms with van der Waals surface area (Å²) < 4.78 is 30.8. The average molecular weight is 440 g/mol. The summed E-state index contributed by atoms with van der Waals surface area (Å²) in [7, 11) is 3.13. The second-order valence-electron chi connectivity index (χ2n) is 6.04. The number of halogens is 2. The molecule has 0 aliphatic heterocycles. The summed E-state index contributed by atoms with van der Waals surface area (Å²) in [5.41, 5.74) is 1.82. The number of carbonyl (C=O) groups excluding carboxylic acids is 1. The van der Waals surface area contributed by atoms with Crippen LogP contribution in [0.2, 0.25) is 5.02 Å². The van der Waals surface area contributed by atoms with Crippen molar-refractivity contribution in [3.63, 3.8) is 0 Å². The molecule has 0 saturated heterocycles. The normalized spacial score (nSPS) is 12.7. The van der Waals surface area contributed by atoms with Crippen LogP contribution in [-0.4, -0.2) is 38.2 Å². The van der Waals surface area contributed by atoms with Gasteiger partial charge in [-0.2, -0.15) is 0 Å². The molecular weight excluding hydrogens is 417 g/mol. The molecule has 0 aliphatic rings. The molecule has 2 atom stereocenters. The summed E-state index contributed by atoms with van der Waals surface area (Å²) in [5, 5.41) is 4.90. The van der Waals surface area contributed by atoms with E-state index in [2.05, 4.69) is 5.32 Å². The molecule has 2 aromatic carbocycles. The van der Waals surface area contributed by atoms with Crippen molar-refractivity contribution in [2.45, 2.75) is 25.6 Å². The minimum Gasteiger partial charge on any atom is -0.493 e. The van der Waals surface area contributed by atoms with Gasteiger partial charge in [0.2, 0.25) is 0 Å². The number of rotatable bonds is 10. The molecule has 0 saturated carbocycles. The van der Waals surface area contributed by atoms with Crippen molar-refractivity contribution >= 4 is 40.8 Å². The van der Waals surface area contributed by atoms with Crippen LogP contribution in [0, 0.1) is 5.82 Å². The molecule has 1 N–H and O–H groups in total. The van der Waals surface area contributed by atoms with Gasteiger partial charge in [0.1, 0.15) is 6.10 Å². The topological polar surface area (TPSA) is 56.8 Å². The van der Waals surface area contributed by atoms with E-state index in [-0.39, 0.29) is 18.8 Å². The van der Waals surface area contributed by atoms with Gasteiger partial charge in [-0.3, -0.25) is 4.79 Å². The fourth-order valence-electron chi connectivity index (χ4n) is 2.93. The van der Waals surface area contributed by atoms with Gasteiger partial charge in [-0.15, -0.1) is 0 Å². The van der Waals surface area contributed by atoms with Gasteiger partial charge in [0.05, 0.1) is 26.2 Å². The first-order chi connectivity index (χ1) is 13.9. The van der Waals surface area contributed by atoms with Crippen molar-refractivity contribution in [2.24, 2.45) is 0 Å². The van der Waals surface area contributed by atoms with Gasteiger partial charge in [0, 0.05) is 34.3 Å². The Morgan fingerprint density at radius 1 is 1.31 bits per heavy atom. The number of carbonyl (C=O) groups is 1. The number of methoxy groups -OCH3 is 1. The maximum absolute atomic E-state index is 14.4. The van der Waals surface area contributed by atoms with Crippen LogP contribution in [0.5, 0.6) is 5.75 Å². The number of nitrogens with one attached hydrogen (secondary N) is 1. The third-order valence-corrected chi connectivity index (χ3v) is 4.72. The first-order valence-corrected chi connectivity index (χ1v) is 9.86. The number of anilines is 1. The van der Waals surface area contributed by atoms with Crippen molar-refractivity contribution in [3.8, 4) is 5.75 Å².